The Morgan fingerprint density at radius 1 is 0.368 bits per heavy atom. The number of hydrogen-bond acceptors (Lipinski definition) is 22. The van der Waals surface area contributed by atoms with Crippen LogP contribution in [0.15, 0.2) is 165 Å². The highest BCUT2D eigenvalue weighted by Crippen LogP contribution is 2.55. The summed E-state index contributed by atoms with van der Waals surface area (Å²) in [5.41, 5.74) is 7.76. The van der Waals surface area contributed by atoms with Crippen molar-refractivity contribution in [3.63, 3.8) is 0 Å². The molecule has 12 atom stereocenters. The lowest BCUT2D eigenvalue weighted by Crippen LogP contribution is -2.35. The fraction of sp³-hybridized carbons (Fsp3) is 0.348. The quantitative estimate of drug-likeness (QED) is 0.0864. The SMILES string of the molecule is CC1(C)O[C@@H]2[C@H](O1)[C@@H](COP(=O)(OC[C@H]1O[C@@H](n3cnc4c(-c5ccc6ccccc6c5)ncnc43)[C@@H]3OC(C)(C)O[C@@H]31)OC[C@H]1O[C@@H](n3cnc4c(-c5ccc6ccccc6c5)ncnc43)[C@@H]3OC(C)(C)O[C@@H]31)O[C@H]2n1cnc2c(-c3ccc4ccccc4c3)ncnc21. The number of ether oxygens (including phenoxy) is 9. The van der Waals surface area contributed by atoms with Gasteiger partial charge in [-0.2, -0.15) is 0 Å². The molecule has 0 amide bonds. The lowest BCUT2D eigenvalue weighted by atomic mass is 10.0. The number of phosphoric acid groups is 1. The number of nitrogens with zero attached hydrogens (tertiary/aromatic N) is 12. The minimum absolute atomic E-state index is 0.363. The molecule has 0 radical (unpaired) electrons. The molecule has 95 heavy (non-hydrogen) atoms. The maximum atomic E-state index is 16.0. The van der Waals surface area contributed by atoms with Crippen LogP contribution in [-0.4, -0.2) is 151 Å². The van der Waals surface area contributed by atoms with Crippen molar-refractivity contribution in [1.29, 1.82) is 0 Å². The number of hydrogen-bond donors (Lipinski definition) is 0. The van der Waals surface area contributed by atoms with Gasteiger partial charge in [0.05, 0.1) is 38.8 Å². The van der Waals surface area contributed by atoms with E-state index in [2.05, 4.69) is 72.8 Å². The van der Waals surface area contributed by atoms with E-state index in [0.29, 0.717) is 50.6 Å². The van der Waals surface area contributed by atoms with Crippen LogP contribution in [0.25, 0.3) is 99.6 Å². The van der Waals surface area contributed by atoms with Gasteiger partial charge in [-0.05, 0) is 92.1 Å². The van der Waals surface area contributed by atoms with Crippen LogP contribution in [0.2, 0.25) is 0 Å². The van der Waals surface area contributed by atoms with E-state index in [-0.39, 0.29) is 19.8 Å². The lowest BCUT2D eigenvalue weighted by molar-refractivity contribution is -0.202. The minimum atomic E-state index is -4.76. The fourth-order valence-electron chi connectivity index (χ4n) is 14.4. The van der Waals surface area contributed by atoms with Crippen molar-refractivity contribution in [3.8, 4) is 33.8 Å². The Labute approximate surface area is 542 Å². The number of imidazole rings is 3. The average Bonchev–Trinajstić information content (AvgIpc) is 1.62. The molecular formula is C69H63N12O13P. The standard InChI is InChI=1S/C69H63N12O13P/c1-67(2)89-55-46(86-64(58(55)92-67)79-34-76-52-49(70-31-73-61(52)79)43-22-19-37-13-7-10-16-40(37)25-43)28-83-95(82,84-29-47-56-59(93-68(3,4)90-56)65(87-47)80-35-77-53-50(71-32-74-62(53)80)44-23-20-38-14-8-11-17-41(38)26-44)85-30-48-57-60(94-69(5,6)91-57)66(88-48)81-36-78-54-51(72-33-75-63(54)81)45-24-21-39-15-9-12-18-42(39)27-45/h7-27,31-36,46-48,55-60,64-66H,28-30H2,1-6H3/t46-,47-,48-,55-,56-,57-,58-,59-,60-,64-,65-,66-/m1/s1. The molecule has 6 fully saturated rings. The van der Waals surface area contributed by atoms with E-state index in [1.807, 2.05) is 96.1 Å². The second-order valence-electron chi connectivity index (χ2n) is 26.0. The Balaban J connectivity index is 0.653. The molecule has 6 saturated heterocycles. The first kappa shape index (κ1) is 59.0. The predicted molar refractivity (Wildman–Crippen MR) is 343 cm³/mol. The summed E-state index contributed by atoms with van der Waals surface area (Å²) in [6.07, 6.45) is -0.101. The molecule has 482 valence electrons. The van der Waals surface area contributed by atoms with Gasteiger partial charge in [-0.25, -0.2) is 49.4 Å². The van der Waals surface area contributed by atoms with Gasteiger partial charge in [0.15, 0.2) is 53.0 Å². The van der Waals surface area contributed by atoms with E-state index in [4.69, 9.17) is 101 Å². The van der Waals surface area contributed by atoms with Gasteiger partial charge in [0, 0.05) is 16.7 Å². The Morgan fingerprint density at radius 2 is 0.653 bits per heavy atom. The van der Waals surface area contributed by atoms with Crippen LogP contribution in [0.5, 0.6) is 0 Å². The summed E-state index contributed by atoms with van der Waals surface area (Å²) in [4.78, 5) is 42.8. The number of phosphoric ester groups is 1. The molecule has 6 aromatic carbocycles. The van der Waals surface area contributed by atoms with Crippen molar-refractivity contribution < 1.29 is 60.8 Å². The number of aromatic nitrogens is 12. The Bertz CT molecular complexity index is 4570. The molecule has 0 spiro atoms. The molecule has 0 bridgehead atoms. The van der Waals surface area contributed by atoms with Crippen LogP contribution in [0.4, 0.5) is 0 Å². The average molecular weight is 1300 g/mol. The van der Waals surface area contributed by atoms with Crippen LogP contribution in [0, 0.1) is 0 Å². The minimum Gasteiger partial charge on any atom is -0.347 e. The largest absolute Gasteiger partial charge is 0.475 e. The molecule has 0 aliphatic carbocycles. The van der Waals surface area contributed by atoms with Crippen LogP contribution in [0.1, 0.15) is 60.2 Å². The monoisotopic (exact) mass is 1300 g/mol. The normalized spacial score (nSPS) is 27.4. The third-order valence-electron chi connectivity index (χ3n) is 18.5. The topological polar surface area (TPSA) is 259 Å². The van der Waals surface area contributed by atoms with Crippen molar-refractivity contribution in [2.24, 2.45) is 0 Å². The highest BCUT2D eigenvalue weighted by molar-refractivity contribution is 7.48. The van der Waals surface area contributed by atoms with E-state index < -0.39 is 98.8 Å². The Morgan fingerprint density at radius 3 is 0.958 bits per heavy atom. The van der Waals surface area contributed by atoms with Crippen molar-refractivity contribution >= 4 is 73.6 Å². The summed E-state index contributed by atoms with van der Waals surface area (Å²) in [7, 11) is -4.76. The van der Waals surface area contributed by atoms with Gasteiger partial charge in [-0.3, -0.25) is 27.3 Å². The molecule has 0 saturated carbocycles. The smallest absolute Gasteiger partial charge is 0.347 e. The van der Waals surface area contributed by atoms with E-state index >= 15 is 4.57 Å². The molecule has 6 aliphatic heterocycles. The first-order valence-electron chi connectivity index (χ1n) is 31.6. The Hall–Kier alpha value is -8.50. The van der Waals surface area contributed by atoms with Gasteiger partial charge in [0.1, 0.15) is 108 Å². The molecule has 6 aliphatic rings. The lowest BCUT2D eigenvalue weighted by Gasteiger charge is -2.28. The summed E-state index contributed by atoms with van der Waals surface area (Å²) < 4.78 is 101. The number of fused-ring (bicyclic) bond motifs is 9. The van der Waals surface area contributed by atoms with Crippen LogP contribution < -0.4 is 0 Å². The summed E-state index contributed by atoms with van der Waals surface area (Å²) in [6, 6.07) is 42.9. The van der Waals surface area contributed by atoms with Crippen LogP contribution >= 0.6 is 7.82 Å². The molecule has 25 nitrogen and oxygen atoms in total. The molecule has 26 heteroatoms. The summed E-state index contributed by atoms with van der Waals surface area (Å²) in [6.45, 7) is 9.87. The van der Waals surface area contributed by atoms with Crippen molar-refractivity contribution in [3.05, 3.63) is 165 Å². The van der Waals surface area contributed by atoms with E-state index in [9.17, 15) is 0 Å². The molecular weight excluding hydrogens is 1240 g/mol. The maximum Gasteiger partial charge on any atom is 0.475 e. The number of rotatable bonds is 15. The third-order valence-corrected chi connectivity index (χ3v) is 19.9. The summed E-state index contributed by atoms with van der Waals surface area (Å²) >= 11 is 0. The van der Waals surface area contributed by atoms with Crippen molar-refractivity contribution in [1.82, 2.24) is 58.6 Å². The molecule has 18 rings (SSSR count). The summed E-state index contributed by atoms with van der Waals surface area (Å²) in [5.74, 6) is -3.18. The zero-order chi connectivity index (χ0) is 64.1. The second-order valence-corrected chi connectivity index (χ2v) is 27.7. The van der Waals surface area contributed by atoms with E-state index in [1.54, 1.807) is 32.7 Å². The van der Waals surface area contributed by atoms with Gasteiger partial charge in [0.25, 0.3) is 0 Å². The molecule has 0 unspecified atom stereocenters. The molecule has 0 N–H and O–H groups in total. The zero-order valence-electron chi connectivity index (χ0n) is 52.3. The highest BCUT2D eigenvalue weighted by Gasteiger charge is 2.60. The second kappa shape index (κ2) is 22.3. The van der Waals surface area contributed by atoms with Gasteiger partial charge in [-0.1, -0.05) is 109 Å². The molecule has 12 aromatic rings. The van der Waals surface area contributed by atoms with Crippen molar-refractivity contribution in [2.75, 3.05) is 19.8 Å². The van der Waals surface area contributed by atoms with Gasteiger partial charge in [-0.15, -0.1) is 0 Å². The fourth-order valence-corrected chi connectivity index (χ4v) is 15.6. The van der Waals surface area contributed by atoms with Gasteiger partial charge >= 0.3 is 7.82 Å². The molecule has 6 aromatic heterocycles. The third kappa shape index (κ3) is 10.3. The van der Waals surface area contributed by atoms with Gasteiger partial charge in [0.2, 0.25) is 0 Å². The van der Waals surface area contributed by atoms with Crippen molar-refractivity contribution in [2.45, 2.75) is 133 Å². The van der Waals surface area contributed by atoms with Gasteiger partial charge < -0.3 is 42.6 Å². The van der Waals surface area contributed by atoms with Crippen LogP contribution in [0.3, 0.4) is 0 Å². The van der Waals surface area contributed by atoms with E-state index in [0.717, 1.165) is 49.0 Å². The van der Waals surface area contributed by atoms with E-state index in [1.165, 1.54) is 19.0 Å². The first-order chi connectivity index (χ1) is 46.1. The first-order valence-corrected chi connectivity index (χ1v) is 33.1. The predicted octanol–water partition coefficient (Wildman–Crippen LogP) is 11.4. The zero-order valence-corrected chi connectivity index (χ0v) is 53.2. The van der Waals surface area contributed by atoms with Crippen LogP contribution in [-0.2, 0) is 60.8 Å². The Kier molecular flexibility index (Phi) is 13.8. The highest BCUT2D eigenvalue weighted by atomic mass is 31.2. The molecule has 12 heterocycles. The number of benzene rings is 6. The maximum absolute atomic E-state index is 16.0. The summed E-state index contributed by atoms with van der Waals surface area (Å²) in [5, 5.41) is 6.48.